The summed E-state index contributed by atoms with van der Waals surface area (Å²) < 4.78 is 42.4. The fraction of sp³-hybridized carbons (Fsp3) is 0.167. The third-order valence-corrected chi connectivity index (χ3v) is 6.73. The second-order valence-electron chi connectivity index (χ2n) is 9.67. The lowest BCUT2D eigenvalue weighted by molar-refractivity contribution is -0.111. The minimum absolute atomic E-state index is 0.241. The van der Waals surface area contributed by atoms with E-state index in [2.05, 4.69) is 20.5 Å². The van der Waals surface area contributed by atoms with E-state index in [0.29, 0.717) is 34.5 Å². The highest BCUT2D eigenvalue weighted by molar-refractivity contribution is 6.02. The predicted octanol–water partition coefficient (Wildman–Crippen LogP) is 3.16. The van der Waals surface area contributed by atoms with Crippen molar-refractivity contribution in [3.63, 3.8) is 0 Å². The monoisotopic (exact) mass is 603 g/mol. The molecule has 0 spiro atoms. The minimum atomic E-state index is -2.04. The Morgan fingerprint density at radius 2 is 1.80 bits per heavy atom. The summed E-state index contributed by atoms with van der Waals surface area (Å²) in [7, 11) is 3.07. The summed E-state index contributed by atoms with van der Waals surface area (Å²) in [6.45, 7) is -0.762. The molecule has 2 N–H and O–H groups in total. The molecule has 44 heavy (non-hydrogen) atoms. The zero-order valence-corrected chi connectivity index (χ0v) is 23.6. The molecule has 0 radical (unpaired) electrons. The lowest BCUT2D eigenvalue weighted by atomic mass is 9.93. The van der Waals surface area contributed by atoms with Crippen LogP contribution in [0.1, 0.15) is 11.1 Å². The Bertz CT molecular complexity index is 1850. The number of nitrogens with one attached hydrogen (secondary N) is 1. The van der Waals surface area contributed by atoms with Gasteiger partial charge in [0.2, 0.25) is 5.91 Å². The Labute approximate surface area is 249 Å². The van der Waals surface area contributed by atoms with Gasteiger partial charge in [-0.1, -0.05) is 6.07 Å². The molecule has 0 unspecified atom stereocenters. The number of carbonyl (C=O) groups is 1. The molecule has 0 fully saturated rings. The number of ether oxygens (including phenoxy) is 2. The van der Waals surface area contributed by atoms with Crippen LogP contribution in [0.3, 0.4) is 0 Å². The van der Waals surface area contributed by atoms with Gasteiger partial charge in [0, 0.05) is 29.0 Å². The van der Waals surface area contributed by atoms with Crippen LogP contribution in [0.2, 0.25) is 0 Å². The van der Waals surface area contributed by atoms with Gasteiger partial charge in [0.05, 0.1) is 33.0 Å². The maximum atomic E-state index is 14.8. The second kappa shape index (κ2) is 12.7. The molecule has 5 aromatic rings. The maximum Gasteiger partial charge on any atom is 0.350 e. The molecule has 5 rings (SSSR count). The smallest absolute Gasteiger partial charge is 0.350 e. The zero-order valence-electron chi connectivity index (χ0n) is 23.6. The molecule has 0 aliphatic carbocycles. The van der Waals surface area contributed by atoms with Gasteiger partial charge in [0.15, 0.2) is 0 Å². The number of halogens is 2. The van der Waals surface area contributed by atoms with Crippen LogP contribution in [-0.2, 0) is 23.5 Å². The average molecular weight is 604 g/mol. The van der Waals surface area contributed by atoms with Crippen molar-refractivity contribution in [2.45, 2.75) is 18.7 Å². The van der Waals surface area contributed by atoms with Gasteiger partial charge in [-0.15, -0.1) is 0 Å². The first-order chi connectivity index (χ1) is 21.2. The van der Waals surface area contributed by atoms with E-state index in [0.717, 1.165) is 16.8 Å². The van der Waals surface area contributed by atoms with E-state index in [1.807, 2.05) is 0 Å². The van der Waals surface area contributed by atoms with Gasteiger partial charge >= 0.3 is 5.69 Å². The Morgan fingerprint density at radius 3 is 2.48 bits per heavy atom. The number of benzene rings is 3. The fourth-order valence-electron chi connectivity index (χ4n) is 4.56. The molecule has 0 aliphatic rings. The molecule has 12 nitrogen and oxygen atoms in total. The maximum absolute atomic E-state index is 14.8. The van der Waals surface area contributed by atoms with Crippen LogP contribution >= 0.6 is 0 Å². The summed E-state index contributed by atoms with van der Waals surface area (Å²) >= 11 is 0. The van der Waals surface area contributed by atoms with Gasteiger partial charge in [0.25, 0.3) is 0 Å². The number of aliphatic hydroxyl groups is 1. The first-order valence-corrected chi connectivity index (χ1v) is 13.2. The molecule has 0 saturated heterocycles. The predicted molar refractivity (Wildman–Crippen MR) is 155 cm³/mol. The number of rotatable bonds is 11. The number of carbonyl (C=O) groups excluding carboxylic acids is 1. The van der Waals surface area contributed by atoms with E-state index in [1.165, 1.54) is 41.4 Å². The van der Waals surface area contributed by atoms with Crippen molar-refractivity contribution in [3.8, 4) is 17.2 Å². The third-order valence-electron chi connectivity index (χ3n) is 6.73. The molecule has 0 saturated carbocycles. The van der Waals surface area contributed by atoms with Crippen molar-refractivity contribution in [1.29, 1.82) is 0 Å². The Balaban J connectivity index is 1.32. The standard InChI is InChI=1S/C30H27F2N7O5/c1-43-24-9-11-27(44-2)20(13-24)3-12-28(40)36-22-5-7-23(8-6-22)38-19-35-39(29(38)41)16-30(42,15-37-18-33-17-34-37)25-10-4-21(31)14-26(25)32/h3-14,17-19,42H,15-16H2,1-2H3,(H,36,40)/b12-3+/t30-/m0/s1. The Hall–Kier alpha value is -5.63. The number of anilines is 1. The van der Waals surface area contributed by atoms with Crippen molar-refractivity contribution < 1.29 is 28.2 Å². The number of methoxy groups -OCH3 is 2. The lowest BCUT2D eigenvalue weighted by Gasteiger charge is -2.28. The molecule has 2 aromatic heterocycles. The highest BCUT2D eigenvalue weighted by Crippen LogP contribution is 2.28. The molecule has 0 bridgehead atoms. The van der Waals surface area contributed by atoms with Crippen molar-refractivity contribution in [2.75, 3.05) is 19.5 Å². The number of hydrogen-bond acceptors (Lipinski definition) is 8. The van der Waals surface area contributed by atoms with Crippen LogP contribution in [0.25, 0.3) is 11.8 Å². The van der Waals surface area contributed by atoms with Crippen LogP contribution in [0.15, 0.2) is 90.5 Å². The molecular formula is C30H27F2N7O5. The molecule has 2 heterocycles. The highest BCUT2D eigenvalue weighted by Gasteiger charge is 2.35. The number of hydrogen-bond donors (Lipinski definition) is 2. The van der Waals surface area contributed by atoms with E-state index >= 15 is 0 Å². The zero-order chi connectivity index (χ0) is 31.3. The first kappa shape index (κ1) is 29.8. The van der Waals surface area contributed by atoms with Gasteiger partial charge < -0.3 is 19.9 Å². The van der Waals surface area contributed by atoms with Crippen LogP contribution < -0.4 is 20.5 Å². The Morgan fingerprint density at radius 1 is 1.00 bits per heavy atom. The van der Waals surface area contributed by atoms with E-state index in [9.17, 15) is 23.5 Å². The quantitative estimate of drug-likeness (QED) is 0.220. The molecule has 1 atom stereocenters. The summed E-state index contributed by atoms with van der Waals surface area (Å²) in [5, 5.41) is 22.3. The minimum Gasteiger partial charge on any atom is -0.497 e. The van der Waals surface area contributed by atoms with Gasteiger partial charge in [-0.3, -0.25) is 4.79 Å². The summed E-state index contributed by atoms with van der Waals surface area (Å²) in [5.41, 5.74) is -1.36. The largest absolute Gasteiger partial charge is 0.497 e. The van der Waals surface area contributed by atoms with E-state index in [1.54, 1.807) is 55.7 Å². The summed E-state index contributed by atoms with van der Waals surface area (Å²) in [5.74, 6) is -1.02. The van der Waals surface area contributed by atoms with Crippen molar-refractivity contribution in [3.05, 3.63) is 119 Å². The van der Waals surface area contributed by atoms with Crippen LogP contribution in [0.5, 0.6) is 11.5 Å². The fourth-order valence-corrected chi connectivity index (χ4v) is 4.56. The Kier molecular flexibility index (Phi) is 8.62. The van der Waals surface area contributed by atoms with E-state index < -0.39 is 35.4 Å². The van der Waals surface area contributed by atoms with Crippen LogP contribution in [0.4, 0.5) is 14.5 Å². The first-order valence-electron chi connectivity index (χ1n) is 13.2. The second-order valence-corrected chi connectivity index (χ2v) is 9.67. The van der Waals surface area contributed by atoms with Crippen LogP contribution in [0, 0.1) is 11.6 Å². The van der Waals surface area contributed by atoms with Crippen LogP contribution in [-0.4, -0.2) is 54.3 Å². The highest BCUT2D eigenvalue weighted by atomic mass is 19.1. The van der Waals surface area contributed by atoms with E-state index in [-0.39, 0.29) is 12.1 Å². The SMILES string of the molecule is COc1ccc(OC)c(/C=C/C(=O)Nc2ccc(-n3cnn(C[C@@](O)(Cn4cncn4)c4ccc(F)cc4F)c3=O)cc2)c1. The number of aromatic nitrogens is 6. The van der Waals surface area contributed by atoms with Gasteiger partial charge in [-0.25, -0.2) is 32.5 Å². The summed E-state index contributed by atoms with van der Waals surface area (Å²) in [6.07, 6.45) is 6.75. The van der Waals surface area contributed by atoms with Gasteiger partial charge in [0.1, 0.15) is 47.7 Å². The third kappa shape index (κ3) is 6.55. The van der Waals surface area contributed by atoms with Gasteiger partial charge in [-0.05, 0) is 54.6 Å². The van der Waals surface area contributed by atoms with E-state index in [4.69, 9.17) is 9.47 Å². The van der Waals surface area contributed by atoms with Gasteiger partial charge in [-0.2, -0.15) is 10.2 Å². The molecular weight excluding hydrogens is 576 g/mol. The molecule has 14 heteroatoms. The molecule has 1 amide bonds. The van der Waals surface area contributed by atoms with Crippen molar-refractivity contribution >= 4 is 17.7 Å². The molecule has 0 aliphatic heterocycles. The average Bonchev–Trinajstić information content (AvgIpc) is 3.65. The van der Waals surface area contributed by atoms with Crippen molar-refractivity contribution in [1.82, 2.24) is 29.1 Å². The lowest BCUT2D eigenvalue weighted by Crippen LogP contribution is -2.41. The van der Waals surface area contributed by atoms with Crippen molar-refractivity contribution in [2.24, 2.45) is 0 Å². The summed E-state index contributed by atoms with van der Waals surface area (Å²) in [4.78, 5) is 29.6. The molecule has 3 aromatic carbocycles. The number of nitrogens with zero attached hydrogens (tertiary/aromatic N) is 6. The topological polar surface area (TPSA) is 138 Å². The molecule has 226 valence electrons. The summed E-state index contributed by atoms with van der Waals surface area (Å²) in [6, 6.07) is 14.4. The number of amides is 1. The normalized spacial score (nSPS) is 12.7.